The van der Waals surface area contributed by atoms with Gasteiger partial charge in [0.2, 0.25) is 5.91 Å². The van der Waals surface area contributed by atoms with E-state index in [-0.39, 0.29) is 24.0 Å². The maximum atomic E-state index is 11.7. The summed E-state index contributed by atoms with van der Waals surface area (Å²) < 4.78 is 0. The monoisotopic (exact) mass is 291 g/mol. The Kier molecular flexibility index (Phi) is 4.31. The molecule has 7 heteroatoms. The maximum Gasteiger partial charge on any atom is 0.261 e. The number of amides is 2. The van der Waals surface area contributed by atoms with E-state index in [9.17, 15) is 14.7 Å². The van der Waals surface area contributed by atoms with Crippen LogP contribution in [0, 0.1) is 6.92 Å². The predicted molar refractivity (Wildman–Crippen MR) is 75.9 cm³/mol. The second kappa shape index (κ2) is 6.16. The first-order chi connectivity index (χ1) is 9.56. The van der Waals surface area contributed by atoms with Gasteiger partial charge in [-0.05, 0) is 31.2 Å². The van der Waals surface area contributed by atoms with E-state index in [4.69, 9.17) is 0 Å². The van der Waals surface area contributed by atoms with Crippen LogP contribution in [0.1, 0.15) is 14.5 Å². The molecule has 2 aromatic heterocycles. The summed E-state index contributed by atoms with van der Waals surface area (Å²) >= 11 is 1.36. The van der Waals surface area contributed by atoms with Gasteiger partial charge in [-0.25, -0.2) is 4.98 Å². The van der Waals surface area contributed by atoms with Gasteiger partial charge < -0.3 is 15.7 Å². The number of thiophene rings is 1. The average molecular weight is 291 g/mol. The number of hydrogen-bond donors (Lipinski definition) is 3. The molecule has 0 radical (unpaired) electrons. The molecule has 20 heavy (non-hydrogen) atoms. The van der Waals surface area contributed by atoms with Crippen LogP contribution in [0.5, 0.6) is 5.75 Å². The van der Waals surface area contributed by atoms with E-state index in [1.54, 1.807) is 12.1 Å². The molecule has 104 valence electrons. The van der Waals surface area contributed by atoms with Crippen molar-refractivity contribution in [2.75, 3.05) is 11.9 Å². The van der Waals surface area contributed by atoms with Crippen molar-refractivity contribution in [3.8, 4) is 5.75 Å². The van der Waals surface area contributed by atoms with Crippen molar-refractivity contribution in [1.29, 1.82) is 0 Å². The summed E-state index contributed by atoms with van der Waals surface area (Å²) in [5, 5.41) is 14.4. The molecule has 2 rings (SSSR count). The van der Waals surface area contributed by atoms with E-state index in [1.165, 1.54) is 23.6 Å². The van der Waals surface area contributed by atoms with Gasteiger partial charge in [0, 0.05) is 11.1 Å². The normalized spacial score (nSPS) is 10.1. The summed E-state index contributed by atoms with van der Waals surface area (Å²) in [7, 11) is 0. The Labute approximate surface area is 119 Å². The molecule has 0 unspecified atom stereocenters. The second-order valence-electron chi connectivity index (χ2n) is 4.01. The lowest BCUT2D eigenvalue weighted by atomic mass is 10.4. The summed E-state index contributed by atoms with van der Waals surface area (Å²) in [5.41, 5.74) is 0. The van der Waals surface area contributed by atoms with Gasteiger partial charge in [0.15, 0.2) is 11.6 Å². The first-order valence-corrected chi connectivity index (χ1v) is 6.66. The molecule has 0 saturated carbocycles. The van der Waals surface area contributed by atoms with Crippen LogP contribution in [-0.2, 0) is 4.79 Å². The number of pyridine rings is 1. The summed E-state index contributed by atoms with van der Waals surface area (Å²) in [6, 6.07) is 6.50. The zero-order valence-electron chi connectivity index (χ0n) is 10.7. The number of nitrogens with one attached hydrogen (secondary N) is 2. The third-order valence-electron chi connectivity index (χ3n) is 2.42. The summed E-state index contributed by atoms with van der Waals surface area (Å²) in [4.78, 5) is 28.8. The Bertz CT molecular complexity index is 639. The number of aryl methyl sites for hydroxylation is 1. The lowest BCUT2D eigenvalue weighted by Gasteiger charge is -2.06. The molecule has 2 aromatic rings. The van der Waals surface area contributed by atoms with Crippen molar-refractivity contribution < 1.29 is 14.7 Å². The van der Waals surface area contributed by atoms with E-state index in [0.717, 1.165) is 4.88 Å². The molecule has 6 nitrogen and oxygen atoms in total. The predicted octanol–water partition coefficient (Wildman–Crippen LogP) is 1.53. The van der Waals surface area contributed by atoms with Crippen molar-refractivity contribution in [2.24, 2.45) is 0 Å². The number of carbonyl (C=O) groups is 2. The van der Waals surface area contributed by atoms with Crippen LogP contribution in [0.2, 0.25) is 0 Å². The number of hydrogen-bond acceptors (Lipinski definition) is 5. The van der Waals surface area contributed by atoms with E-state index < -0.39 is 5.91 Å². The van der Waals surface area contributed by atoms with E-state index >= 15 is 0 Å². The van der Waals surface area contributed by atoms with Crippen LogP contribution in [0.15, 0.2) is 30.5 Å². The molecule has 0 aromatic carbocycles. The van der Waals surface area contributed by atoms with E-state index in [2.05, 4.69) is 15.6 Å². The molecule has 2 amide bonds. The van der Waals surface area contributed by atoms with Gasteiger partial charge >= 0.3 is 0 Å². The topological polar surface area (TPSA) is 91.3 Å². The zero-order chi connectivity index (χ0) is 14.5. The maximum absolute atomic E-state index is 11.7. The number of aromatic nitrogens is 1. The highest BCUT2D eigenvalue weighted by molar-refractivity contribution is 7.13. The smallest absolute Gasteiger partial charge is 0.261 e. The van der Waals surface area contributed by atoms with Crippen LogP contribution in [0.3, 0.4) is 0 Å². The number of carbonyl (C=O) groups excluding carboxylic acids is 2. The fraction of sp³-hybridized carbons (Fsp3) is 0.154. The van der Waals surface area contributed by atoms with Crippen molar-refractivity contribution in [3.05, 3.63) is 40.2 Å². The molecule has 0 atom stereocenters. The Hall–Kier alpha value is -2.41. The van der Waals surface area contributed by atoms with Crippen molar-refractivity contribution in [2.45, 2.75) is 6.92 Å². The number of anilines is 1. The van der Waals surface area contributed by atoms with Gasteiger partial charge in [-0.3, -0.25) is 9.59 Å². The van der Waals surface area contributed by atoms with Crippen LogP contribution in [0.25, 0.3) is 0 Å². The third-order valence-corrected chi connectivity index (χ3v) is 3.42. The minimum atomic E-state index is -0.458. The fourth-order valence-electron chi connectivity index (χ4n) is 1.47. The third kappa shape index (κ3) is 3.55. The fourth-order valence-corrected chi connectivity index (χ4v) is 2.26. The minimum absolute atomic E-state index is 0.0683. The van der Waals surface area contributed by atoms with Crippen LogP contribution in [0.4, 0.5) is 5.82 Å². The molecule has 0 spiro atoms. The lowest BCUT2D eigenvalue weighted by Crippen LogP contribution is -2.32. The first-order valence-electron chi connectivity index (χ1n) is 5.85. The van der Waals surface area contributed by atoms with Crippen molar-refractivity contribution in [3.63, 3.8) is 0 Å². The standard InChI is InChI=1S/C13H13N3O3S/c1-8-4-5-10(20-8)13(19)15-7-11(18)16-12-9(17)3-2-6-14-12/h2-6,17H,7H2,1H3,(H,15,19)(H,14,16,18). The molecule has 2 heterocycles. The Balaban J connectivity index is 1.87. The number of nitrogens with zero attached hydrogens (tertiary/aromatic N) is 1. The zero-order valence-corrected chi connectivity index (χ0v) is 11.5. The Morgan fingerprint density at radius 1 is 1.35 bits per heavy atom. The molecule has 0 bridgehead atoms. The molecule has 0 aliphatic carbocycles. The van der Waals surface area contributed by atoms with Gasteiger partial charge in [-0.2, -0.15) is 0 Å². The highest BCUT2D eigenvalue weighted by atomic mass is 32.1. The molecule has 0 aliphatic rings. The largest absolute Gasteiger partial charge is 0.504 e. The quantitative estimate of drug-likeness (QED) is 0.796. The minimum Gasteiger partial charge on any atom is -0.504 e. The molecular formula is C13H13N3O3S. The van der Waals surface area contributed by atoms with Crippen LogP contribution in [-0.4, -0.2) is 28.4 Å². The highest BCUT2D eigenvalue weighted by Crippen LogP contribution is 2.18. The Morgan fingerprint density at radius 3 is 2.80 bits per heavy atom. The van der Waals surface area contributed by atoms with Gasteiger partial charge in [0.25, 0.3) is 5.91 Å². The highest BCUT2D eigenvalue weighted by Gasteiger charge is 2.11. The van der Waals surface area contributed by atoms with Gasteiger partial charge in [-0.15, -0.1) is 11.3 Å². The summed E-state index contributed by atoms with van der Waals surface area (Å²) in [6.07, 6.45) is 1.45. The number of rotatable bonds is 4. The summed E-state index contributed by atoms with van der Waals surface area (Å²) in [6.45, 7) is 1.71. The van der Waals surface area contributed by atoms with E-state index in [0.29, 0.717) is 4.88 Å². The SMILES string of the molecule is Cc1ccc(C(=O)NCC(=O)Nc2ncccc2O)s1. The van der Waals surface area contributed by atoms with Crippen LogP contribution < -0.4 is 10.6 Å². The van der Waals surface area contributed by atoms with Crippen molar-refractivity contribution >= 4 is 29.0 Å². The van der Waals surface area contributed by atoms with Gasteiger partial charge in [0.05, 0.1) is 11.4 Å². The van der Waals surface area contributed by atoms with Crippen molar-refractivity contribution in [1.82, 2.24) is 10.3 Å². The van der Waals surface area contributed by atoms with Gasteiger partial charge in [-0.1, -0.05) is 0 Å². The second-order valence-corrected chi connectivity index (χ2v) is 5.30. The Morgan fingerprint density at radius 2 is 2.15 bits per heavy atom. The average Bonchev–Trinajstić information content (AvgIpc) is 2.85. The molecular weight excluding hydrogens is 278 g/mol. The summed E-state index contributed by atoms with van der Waals surface area (Å²) in [5.74, 6) is -0.816. The lowest BCUT2D eigenvalue weighted by molar-refractivity contribution is -0.115. The molecule has 0 saturated heterocycles. The number of aromatic hydroxyl groups is 1. The van der Waals surface area contributed by atoms with Crippen LogP contribution >= 0.6 is 11.3 Å². The molecule has 3 N–H and O–H groups in total. The molecule has 0 aliphatic heterocycles. The molecule has 0 fully saturated rings. The van der Waals surface area contributed by atoms with Gasteiger partial charge in [0.1, 0.15) is 0 Å². The first kappa shape index (κ1) is 14.0. The van der Waals surface area contributed by atoms with E-state index in [1.807, 2.05) is 13.0 Å².